The summed E-state index contributed by atoms with van der Waals surface area (Å²) in [6.07, 6.45) is 4.36. The second kappa shape index (κ2) is 8.94. The molecule has 138 valence electrons. The molecular formula is C20H24N2O3S. The van der Waals surface area contributed by atoms with Gasteiger partial charge in [0.2, 0.25) is 5.91 Å². The van der Waals surface area contributed by atoms with E-state index in [1.807, 2.05) is 23.6 Å². The summed E-state index contributed by atoms with van der Waals surface area (Å²) >= 11 is 1.63. The minimum absolute atomic E-state index is 0.0210. The van der Waals surface area contributed by atoms with Crippen LogP contribution in [-0.4, -0.2) is 22.0 Å². The first-order chi connectivity index (χ1) is 12.6. The lowest BCUT2D eigenvalue weighted by Crippen LogP contribution is -2.34. The number of aromatic nitrogens is 1. The first kappa shape index (κ1) is 18.6. The molecule has 6 heteroatoms. The number of hydrogen-bond donors (Lipinski definition) is 2. The Morgan fingerprint density at radius 2 is 1.77 bits per heavy atom. The van der Waals surface area contributed by atoms with Crippen LogP contribution in [0.15, 0.2) is 35.7 Å². The molecule has 2 aromatic rings. The van der Waals surface area contributed by atoms with Gasteiger partial charge in [0, 0.05) is 17.7 Å². The molecular weight excluding hydrogens is 348 g/mol. The predicted molar refractivity (Wildman–Crippen MR) is 101 cm³/mol. The normalized spacial score (nSPS) is 19.8. The zero-order chi connectivity index (χ0) is 18.4. The van der Waals surface area contributed by atoms with Crippen molar-refractivity contribution in [3.63, 3.8) is 0 Å². The fourth-order valence-electron chi connectivity index (χ4n) is 3.37. The van der Waals surface area contributed by atoms with Gasteiger partial charge in [-0.25, -0.2) is 4.98 Å². The number of hydrogen-bond acceptors (Lipinski definition) is 4. The largest absolute Gasteiger partial charge is 0.481 e. The van der Waals surface area contributed by atoms with Crippen molar-refractivity contribution in [2.24, 2.45) is 11.8 Å². The lowest BCUT2D eigenvalue weighted by atomic mass is 9.81. The highest BCUT2D eigenvalue weighted by atomic mass is 32.1. The molecule has 0 atom stereocenters. The van der Waals surface area contributed by atoms with Crippen molar-refractivity contribution in [2.45, 2.75) is 45.1 Å². The number of aliphatic carboxylic acids is 1. The highest BCUT2D eigenvalue weighted by Gasteiger charge is 2.29. The molecule has 0 spiro atoms. The van der Waals surface area contributed by atoms with Crippen LogP contribution in [0, 0.1) is 11.8 Å². The molecule has 5 nitrogen and oxygen atoms in total. The van der Waals surface area contributed by atoms with Crippen LogP contribution in [0.3, 0.4) is 0 Å². The zero-order valence-electron chi connectivity index (χ0n) is 14.7. The Hall–Kier alpha value is -2.21. The highest BCUT2D eigenvalue weighted by molar-refractivity contribution is 7.09. The number of aryl methyl sites for hydroxylation is 2. The standard InChI is InChI=1S/C20H24N2O3S/c23-19(15-7-9-16(10-8-15)20(24)25)21-12-17-13-26-18(22-17)11-6-14-4-2-1-3-5-14/h1-5,13,15-16H,6-12H2,(H,21,23)(H,24,25). The number of carbonyl (C=O) groups is 2. The van der Waals surface area contributed by atoms with Gasteiger partial charge in [0.25, 0.3) is 0 Å². The summed E-state index contributed by atoms with van der Waals surface area (Å²) in [6.45, 7) is 0.444. The summed E-state index contributed by atoms with van der Waals surface area (Å²) in [4.78, 5) is 27.9. The molecule has 0 aliphatic heterocycles. The van der Waals surface area contributed by atoms with Gasteiger partial charge in [-0.2, -0.15) is 0 Å². The fourth-order valence-corrected chi connectivity index (χ4v) is 4.16. The molecule has 0 radical (unpaired) electrons. The average molecular weight is 372 g/mol. The zero-order valence-corrected chi connectivity index (χ0v) is 15.5. The Balaban J connectivity index is 1.42. The van der Waals surface area contributed by atoms with Crippen molar-refractivity contribution in [3.8, 4) is 0 Å². The number of rotatable bonds is 7. The minimum atomic E-state index is -0.741. The summed E-state index contributed by atoms with van der Waals surface area (Å²) in [5, 5.41) is 15.1. The van der Waals surface area contributed by atoms with E-state index < -0.39 is 5.97 Å². The number of carboxylic acids is 1. The highest BCUT2D eigenvalue weighted by Crippen LogP contribution is 2.29. The Morgan fingerprint density at radius 3 is 2.46 bits per heavy atom. The maximum atomic E-state index is 12.3. The molecule has 1 heterocycles. The third kappa shape index (κ3) is 5.14. The smallest absolute Gasteiger partial charge is 0.306 e. The van der Waals surface area contributed by atoms with Crippen LogP contribution < -0.4 is 5.32 Å². The van der Waals surface area contributed by atoms with Crippen molar-refractivity contribution < 1.29 is 14.7 Å². The van der Waals surface area contributed by atoms with E-state index in [1.165, 1.54) is 5.56 Å². The first-order valence-electron chi connectivity index (χ1n) is 9.09. The van der Waals surface area contributed by atoms with Gasteiger partial charge in [-0.15, -0.1) is 11.3 Å². The molecule has 1 fully saturated rings. The van der Waals surface area contributed by atoms with E-state index in [4.69, 9.17) is 5.11 Å². The molecule has 1 aromatic carbocycles. The van der Waals surface area contributed by atoms with Crippen molar-refractivity contribution in [1.82, 2.24) is 10.3 Å². The number of carboxylic acid groups (broad SMARTS) is 1. The van der Waals surface area contributed by atoms with Crippen molar-refractivity contribution >= 4 is 23.2 Å². The molecule has 2 N–H and O–H groups in total. The second-order valence-electron chi connectivity index (χ2n) is 6.82. The molecule has 0 unspecified atom stereocenters. The number of thiazole rings is 1. The van der Waals surface area contributed by atoms with Crippen LogP contribution >= 0.6 is 11.3 Å². The SMILES string of the molecule is O=C(O)C1CCC(C(=O)NCc2csc(CCc3ccccc3)n2)CC1. The van der Waals surface area contributed by atoms with Gasteiger partial charge in [0.15, 0.2) is 0 Å². The Morgan fingerprint density at radius 1 is 1.08 bits per heavy atom. The Kier molecular flexibility index (Phi) is 6.39. The second-order valence-corrected chi connectivity index (χ2v) is 7.77. The molecule has 1 amide bonds. The van der Waals surface area contributed by atoms with Crippen LogP contribution in [0.5, 0.6) is 0 Å². The minimum Gasteiger partial charge on any atom is -0.481 e. The first-order valence-corrected chi connectivity index (χ1v) is 9.97. The quantitative estimate of drug-likeness (QED) is 0.780. The van der Waals surface area contributed by atoms with E-state index in [-0.39, 0.29) is 17.7 Å². The predicted octanol–water partition coefficient (Wildman–Crippen LogP) is 3.44. The summed E-state index contributed by atoms with van der Waals surface area (Å²) in [6, 6.07) is 10.3. The molecule has 1 saturated carbocycles. The van der Waals surface area contributed by atoms with Crippen LogP contribution in [0.2, 0.25) is 0 Å². The summed E-state index contributed by atoms with van der Waals surface area (Å²) in [5.41, 5.74) is 2.19. The third-order valence-electron chi connectivity index (χ3n) is 4.96. The van der Waals surface area contributed by atoms with E-state index in [2.05, 4.69) is 22.4 Å². The van der Waals surface area contributed by atoms with Gasteiger partial charge in [0.05, 0.1) is 23.2 Å². The van der Waals surface area contributed by atoms with Crippen LogP contribution in [-0.2, 0) is 29.0 Å². The molecule has 1 aromatic heterocycles. The maximum Gasteiger partial charge on any atom is 0.306 e. The molecule has 0 bridgehead atoms. The Bertz CT molecular complexity index is 737. The number of benzene rings is 1. The topological polar surface area (TPSA) is 79.3 Å². The lowest BCUT2D eigenvalue weighted by molar-refractivity contribution is -0.144. The molecule has 1 aliphatic rings. The summed E-state index contributed by atoms with van der Waals surface area (Å²) in [5.74, 6) is -1.08. The van der Waals surface area contributed by atoms with Gasteiger partial charge >= 0.3 is 5.97 Å². The average Bonchev–Trinajstić information content (AvgIpc) is 3.13. The van der Waals surface area contributed by atoms with Gasteiger partial charge in [0.1, 0.15) is 0 Å². The van der Waals surface area contributed by atoms with E-state index in [9.17, 15) is 9.59 Å². The van der Waals surface area contributed by atoms with E-state index >= 15 is 0 Å². The van der Waals surface area contributed by atoms with Gasteiger partial charge < -0.3 is 10.4 Å². The van der Waals surface area contributed by atoms with Crippen molar-refractivity contribution in [3.05, 3.63) is 52.0 Å². The van der Waals surface area contributed by atoms with E-state index in [0.717, 1.165) is 23.5 Å². The maximum absolute atomic E-state index is 12.3. The molecule has 3 rings (SSSR count). The van der Waals surface area contributed by atoms with Crippen LogP contribution in [0.1, 0.15) is 41.9 Å². The Labute approximate surface area is 157 Å². The molecule has 0 saturated heterocycles. The summed E-state index contributed by atoms with van der Waals surface area (Å²) < 4.78 is 0. The lowest BCUT2D eigenvalue weighted by Gasteiger charge is -2.25. The monoisotopic (exact) mass is 372 g/mol. The van der Waals surface area contributed by atoms with E-state index in [0.29, 0.717) is 32.2 Å². The van der Waals surface area contributed by atoms with Gasteiger partial charge in [-0.3, -0.25) is 9.59 Å². The van der Waals surface area contributed by atoms with E-state index in [1.54, 1.807) is 11.3 Å². The number of nitrogens with one attached hydrogen (secondary N) is 1. The number of nitrogens with zero attached hydrogens (tertiary/aromatic N) is 1. The number of amides is 1. The molecule has 26 heavy (non-hydrogen) atoms. The number of carbonyl (C=O) groups excluding carboxylic acids is 1. The van der Waals surface area contributed by atoms with Crippen LogP contribution in [0.25, 0.3) is 0 Å². The van der Waals surface area contributed by atoms with Crippen molar-refractivity contribution in [1.29, 1.82) is 0 Å². The van der Waals surface area contributed by atoms with Gasteiger partial charge in [-0.1, -0.05) is 30.3 Å². The third-order valence-corrected chi connectivity index (χ3v) is 5.92. The molecule has 1 aliphatic carbocycles. The van der Waals surface area contributed by atoms with Crippen LogP contribution in [0.4, 0.5) is 0 Å². The van der Waals surface area contributed by atoms with Gasteiger partial charge in [-0.05, 0) is 37.7 Å². The fraction of sp³-hybridized carbons (Fsp3) is 0.450. The van der Waals surface area contributed by atoms with Crippen molar-refractivity contribution in [2.75, 3.05) is 0 Å². The summed E-state index contributed by atoms with van der Waals surface area (Å²) in [7, 11) is 0.